The van der Waals surface area contributed by atoms with E-state index in [0.717, 1.165) is 0 Å². The van der Waals surface area contributed by atoms with Crippen molar-refractivity contribution in [1.82, 2.24) is 0 Å². The van der Waals surface area contributed by atoms with Gasteiger partial charge in [0.1, 0.15) is 0 Å². The van der Waals surface area contributed by atoms with Crippen LogP contribution in [-0.4, -0.2) is 0 Å². The van der Waals surface area contributed by atoms with E-state index in [4.69, 9.17) is 0 Å². The number of hydrogen-bond acceptors (Lipinski definition) is 0. The maximum absolute atomic E-state index is 0. The topological polar surface area (TPSA) is 0 Å². The molecule has 0 aliphatic heterocycles. The van der Waals surface area contributed by atoms with Crippen molar-refractivity contribution < 1.29 is 78.9 Å². The van der Waals surface area contributed by atoms with Crippen molar-refractivity contribution in [2.24, 2.45) is 0 Å². The molecule has 0 heterocycles. The standard InChI is InChI=1S/Ag.Au.2Cu. The number of hydrogen-bond donors (Lipinski definition) is 0. The van der Waals surface area contributed by atoms with Crippen LogP contribution in [0.25, 0.3) is 0 Å². The quantitative estimate of drug-likeness (QED) is 0.473. The molecule has 0 aromatic carbocycles. The van der Waals surface area contributed by atoms with Gasteiger partial charge in [0.05, 0.1) is 0 Å². The SMILES string of the molecule is [Ag].[Au].[Cu].[Cu]. The molecule has 0 rings (SSSR count). The Hall–Kier alpha value is 2.52. The maximum atomic E-state index is 0. The second-order valence-corrected chi connectivity index (χ2v) is 0. The first-order valence-corrected chi connectivity index (χ1v) is 0. The average Bonchev–Trinajstić information content (AvgIpc) is 0. The molecule has 0 spiro atoms. The minimum Gasteiger partial charge on any atom is 0 e. The zero-order valence-corrected chi connectivity index (χ0v) is 6.74. The summed E-state index contributed by atoms with van der Waals surface area (Å²) < 4.78 is 0. The van der Waals surface area contributed by atoms with Crippen LogP contribution in [-0.2, 0) is 78.9 Å². The third-order valence-electron chi connectivity index (χ3n) is 0. The van der Waals surface area contributed by atoms with E-state index in [2.05, 4.69) is 0 Å². The molecular weight excluding hydrogens is 432 g/mol. The summed E-state index contributed by atoms with van der Waals surface area (Å²) in [6.07, 6.45) is 0. The summed E-state index contributed by atoms with van der Waals surface area (Å²) in [6.45, 7) is 0. The molecule has 0 saturated carbocycles. The Labute approximate surface area is 77.8 Å². The molecule has 0 fully saturated rings. The molecule has 0 aliphatic carbocycles. The molecule has 0 aromatic rings. The van der Waals surface area contributed by atoms with Gasteiger partial charge in [-0.15, -0.1) is 0 Å². The molecule has 4 radical (unpaired) electrons. The maximum Gasteiger partial charge on any atom is 0 e. The smallest absolute Gasteiger partial charge is 0 e. The Morgan fingerprint density at radius 3 is 0.750 bits per heavy atom. The van der Waals surface area contributed by atoms with Crippen molar-refractivity contribution in [2.45, 2.75) is 0 Å². The molecule has 0 saturated heterocycles. The van der Waals surface area contributed by atoms with E-state index in [1.54, 1.807) is 0 Å². The Kier molecular flexibility index (Phi) is 139. The summed E-state index contributed by atoms with van der Waals surface area (Å²) in [5.74, 6) is 0. The van der Waals surface area contributed by atoms with Gasteiger partial charge in [-0.3, -0.25) is 0 Å². The van der Waals surface area contributed by atoms with E-state index in [9.17, 15) is 0 Å². The fourth-order valence-corrected chi connectivity index (χ4v) is 0. The predicted molar refractivity (Wildman–Crippen MR) is 0 cm³/mol. The van der Waals surface area contributed by atoms with E-state index in [1.165, 1.54) is 0 Å². The van der Waals surface area contributed by atoms with Gasteiger partial charge < -0.3 is 0 Å². The van der Waals surface area contributed by atoms with Gasteiger partial charge in [0, 0.05) is 78.9 Å². The van der Waals surface area contributed by atoms with Gasteiger partial charge in [0.2, 0.25) is 0 Å². The van der Waals surface area contributed by atoms with Crippen LogP contribution in [0, 0.1) is 0 Å². The monoisotopic (exact) mass is 430 g/mol. The molecule has 0 unspecified atom stereocenters. The molecule has 4 heteroatoms. The largest absolute Gasteiger partial charge is 0 e. The first-order valence-electron chi connectivity index (χ1n) is 0. The predicted octanol–water partition coefficient (Wildman–Crippen LogP) is -0.0100. The van der Waals surface area contributed by atoms with Crippen molar-refractivity contribution >= 4 is 0 Å². The normalized spacial score (nSPS) is 0. The molecule has 0 aromatic heterocycles. The van der Waals surface area contributed by atoms with E-state index >= 15 is 0 Å². The average molecular weight is 432 g/mol. The first kappa shape index (κ1) is 31.3. The van der Waals surface area contributed by atoms with Gasteiger partial charge in [-0.1, -0.05) is 0 Å². The van der Waals surface area contributed by atoms with Crippen molar-refractivity contribution in [2.75, 3.05) is 0 Å². The van der Waals surface area contributed by atoms with Crippen molar-refractivity contribution in [3.63, 3.8) is 0 Å². The van der Waals surface area contributed by atoms with Crippen molar-refractivity contribution in [3.05, 3.63) is 0 Å². The minimum absolute atomic E-state index is 0. The molecule has 0 amide bonds. The Morgan fingerprint density at radius 2 is 0.750 bits per heavy atom. The van der Waals surface area contributed by atoms with Crippen LogP contribution < -0.4 is 0 Å². The molecular formula is AgAuCu2. The summed E-state index contributed by atoms with van der Waals surface area (Å²) in [7, 11) is 0. The zero-order valence-electron chi connectivity index (χ0n) is 1.21. The molecule has 44 valence electrons. The summed E-state index contributed by atoms with van der Waals surface area (Å²) >= 11 is 0. The van der Waals surface area contributed by atoms with Crippen LogP contribution in [0.3, 0.4) is 0 Å². The van der Waals surface area contributed by atoms with Crippen molar-refractivity contribution in [1.29, 1.82) is 0 Å². The van der Waals surface area contributed by atoms with Gasteiger partial charge in [0.15, 0.2) is 0 Å². The van der Waals surface area contributed by atoms with Crippen molar-refractivity contribution in [3.8, 4) is 0 Å². The van der Waals surface area contributed by atoms with E-state index in [-0.39, 0.29) is 78.9 Å². The molecule has 4 heavy (non-hydrogen) atoms. The molecule has 0 aliphatic rings. The van der Waals surface area contributed by atoms with Gasteiger partial charge in [0.25, 0.3) is 0 Å². The van der Waals surface area contributed by atoms with Crippen LogP contribution in [0.1, 0.15) is 0 Å². The summed E-state index contributed by atoms with van der Waals surface area (Å²) in [6, 6.07) is 0. The summed E-state index contributed by atoms with van der Waals surface area (Å²) in [5, 5.41) is 0. The van der Waals surface area contributed by atoms with Gasteiger partial charge in [-0.05, 0) is 0 Å². The molecule has 0 N–H and O–H groups in total. The van der Waals surface area contributed by atoms with Gasteiger partial charge in [-0.25, -0.2) is 0 Å². The summed E-state index contributed by atoms with van der Waals surface area (Å²) in [5.41, 5.74) is 0. The fraction of sp³-hybridized carbons (Fsp3) is 0. The first-order chi connectivity index (χ1) is 0. The van der Waals surface area contributed by atoms with Crippen LogP contribution in [0.15, 0.2) is 0 Å². The van der Waals surface area contributed by atoms with Gasteiger partial charge in [-0.2, -0.15) is 0 Å². The summed E-state index contributed by atoms with van der Waals surface area (Å²) in [4.78, 5) is 0. The number of rotatable bonds is 0. The van der Waals surface area contributed by atoms with Crippen LogP contribution in [0.2, 0.25) is 0 Å². The second-order valence-electron chi connectivity index (χ2n) is 0. The van der Waals surface area contributed by atoms with Gasteiger partial charge >= 0.3 is 0 Å². The van der Waals surface area contributed by atoms with E-state index in [0.29, 0.717) is 0 Å². The second kappa shape index (κ2) is 17.8. The van der Waals surface area contributed by atoms with Crippen LogP contribution in [0.5, 0.6) is 0 Å². The van der Waals surface area contributed by atoms with E-state index in [1.807, 2.05) is 0 Å². The fourth-order valence-electron chi connectivity index (χ4n) is 0. The Morgan fingerprint density at radius 1 is 0.750 bits per heavy atom. The zero-order chi connectivity index (χ0) is 0. The third kappa shape index (κ3) is 8.82. The Bertz CT molecular complexity index is 6.00. The van der Waals surface area contributed by atoms with E-state index < -0.39 is 0 Å². The molecule has 0 nitrogen and oxygen atoms in total. The minimum atomic E-state index is 0. The third-order valence-corrected chi connectivity index (χ3v) is 0. The van der Waals surface area contributed by atoms with Crippen LogP contribution >= 0.6 is 0 Å². The Balaban J connectivity index is 0. The molecule has 0 bridgehead atoms. The molecule has 0 atom stereocenters. The van der Waals surface area contributed by atoms with Crippen LogP contribution in [0.4, 0.5) is 0 Å².